The standard InChI is InChI=1S/C31H39N2P/c1-3-7-28(8-4-1)34(29-9-5-2-6-10-29)31-32-21-22-33(31)30-23-26-16-15-24-11-13-25(14-12-24)17-19-27(30)20-18-26/h11-14,18,20-23,28-29H,1-10,15-17,19H2. The summed E-state index contributed by atoms with van der Waals surface area (Å²) in [6.45, 7) is 0. The number of nitrogens with zero attached hydrogens (tertiary/aromatic N) is 2. The van der Waals surface area contributed by atoms with Crippen molar-refractivity contribution in [1.29, 1.82) is 0 Å². The van der Waals surface area contributed by atoms with E-state index in [1.54, 1.807) is 0 Å². The maximum Gasteiger partial charge on any atom is 0.136 e. The predicted octanol–water partition coefficient (Wildman–Crippen LogP) is 7.53. The highest BCUT2D eigenvalue weighted by molar-refractivity contribution is 7.66. The van der Waals surface area contributed by atoms with Crippen LogP contribution >= 0.6 is 7.92 Å². The summed E-state index contributed by atoms with van der Waals surface area (Å²) in [5.74, 6) is 0. The molecule has 2 aromatic carbocycles. The molecular formula is C31H39N2P. The van der Waals surface area contributed by atoms with Gasteiger partial charge in [0.25, 0.3) is 0 Å². The van der Waals surface area contributed by atoms with Crippen LogP contribution in [-0.2, 0) is 25.7 Å². The second kappa shape index (κ2) is 10.4. The van der Waals surface area contributed by atoms with E-state index in [4.69, 9.17) is 4.98 Å². The minimum Gasteiger partial charge on any atom is -0.300 e. The van der Waals surface area contributed by atoms with Crippen molar-refractivity contribution in [2.45, 2.75) is 101 Å². The van der Waals surface area contributed by atoms with E-state index >= 15 is 0 Å². The molecule has 0 N–H and O–H groups in total. The zero-order valence-electron chi connectivity index (χ0n) is 20.6. The summed E-state index contributed by atoms with van der Waals surface area (Å²) < 4.78 is 2.56. The molecule has 2 fully saturated rings. The Bertz CT molecular complexity index is 1070. The third-order valence-corrected chi connectivity index (χ3v) is 12.0. The summed E-state index contributed by atoms with van der Waals surface area (Å²) in [6.07, 6.45) is 23.1. The SMILES string of the molecule is c1cn(-c2cc3ccc2CCc2ccc(cc2)CC3)c(P(C2CCCCC2)C2CCCCC2)n1. The molecule has 0 aliphatic heterocycles. The highest BCUT2D eigenvalue weighted by Gasteiger charge is 2.35. The van der Waals surface area contributed by atoms with E-state index in [9.17, 15) is 0 Å². The Morgan fingerprint density at radius 2 is 1.21 bits per heavy atom. The lowest BCUT2D eigenvalue weighted by Gasteiger charge is -2.38. The fourth-order valence-electron chi connectivity index (χ4n) is 6.66. The second-order valence-electron chi connectivity index (χ2n) is 10.9. The summed E-state index contributed by atoms with van der Waals surface area (Å²) in [5, 5.41) is 0. The Morgan fingerprint density at radius 1 is 0.647 bits per heavy atom. The van der Waals surface area contributed by atoms with Gasteiger partial charge < -0.3 is 0 Å². The van der Waals surface area contributed by atoms with Gasteiger partial charge in [-0.3, -0.25) is 4.57 Å². The van der Waals surface area contributed by atoms with E-state index in [2.05, 4.69) is 59.4 Å². The third kappa shape index (κ3) is 4.76. The van der Waals surface area contributed by atoms with E-state index < -0.39 is 0 Å². The molecule has 4 bridgehead atoms. The van der Waals surface area contributed by atoms with Crippen molar-refractivity contribution in [1.82, 2.24) is 9.55 Å². The van der Waals surface area contributed by atoms with E-state index in [0.717, 1.165) is 37.0 Å². The van der Waals surface area contributed by atoms with Gasteiger partial charge in [0.1, 0.15) is 5.57 Å². The molecule has 9 rings (SSSR count). The van der Waals surface area contributed by atoms with E-state index in [1.165, 1.54) is 97.7 Å². The first-order valence-corrected chi connectivity index (χ1v) is 15.3. The topological polar surface area (TPSA) is 17.8 Å². The Morgan fingerprint density at radius 3 is 1.85 bits per heavy atom. The number of benzene rings is 2. The second-order valence-corrected chi connectivity index (χ2v) is 13.5. The molecule has 178 valence electrons. The van der Waals surface area contributed by atoms with Crippen LogP contribution in [0.3, 0.4) is 0 Å². The molecule has 0 radical (unpaired) electrons. The summed E-state index contributed by atoms with van der Waals surface area (Å²) in [5.41, 5.74) is 10.5. The molecule has 6 aliphatic rings. The van der Waals surface area contributed by atoms with Crippen molar-refractivity contribution in [2.75, 3.05) is 0 Å². The third-order valence-electron chi connectivity index (χ3n) is 8.61. The molecule has 6 aliphatic carbocycles. The molecule has 0 atom stereocenters. The zero-order valence-corrected chi connectivity index (χ0v) is 21.5. The number of aryl methyl sites for hydroxylation is 4. The van der Waals surface area contributed by atoms with E-state index in [-0.39, 0.29) is 7.92 Å². The van der Waals surface area contributed by atoms with Crippen LogP contribution in [0.4, 0.5) is 0 Å². The van der Waals surface area contributed by atoms with Gasteiger partial charge in [-0.05, 0) is 98.9 Å². The lowest BCUT2D eigenvalue weighted by molar-refractivity contribution is 0.486. The molecule has 0 spiro atoms. The van der Waals surface area contributed by atoms with Gasteiger partial charge in [-0.2, -0.15) is 0 Å². The van der Waals surface area contributed by atoms with Crippen molar-refractivity contribution >= 4 is 13.5 Å². The van der Waals surface area contributed by atoms with Gasteiger partial charge in [-0.1, -0.05) is 74.9 Å². The minimum absolute atomic E-state index is 0.219. The normalized spacial score (nSPS) is 19.9. The number of rotatable bonds is 4. The minimum atomic E-state index is -0.219. The lowest BCUT2D eigenvalue weighted by Crippen LogP contribution is -2.31. The maximum atomic E-state index is 5.17. The maximum absolute atomic E-state index is 5.17. The molecule has 1 heterocycles. The van der Waals surface area contributed by atoms with Crippen LogP contribution in [-0.4, -0.2) is 20.9 Å². The molecule has 0 saturated heterocycles. The van der Waals surface area contributed by atoms with Gasteiger partial charge >= 0.3 is 0 Å². The van der Waals surface area contributed by atoms with Gasteiger partial charge in [0.05, 0.1) is 5.69 Å². The Labute approximate surface area is 207 Å². The molecule has 34 heavy (non-hydrogen) atoms. The fourth-order valence-corrected chi connectivity index (χ4v) is 10.4. The Balaban J connectivity index is 1.39. The Kier molecular flexibility index (Phi) is 6.87. The van der Waals surface area contributed by atoms with Crippen molar-refractivity contribution < 1.29 is 0 Å². The van der Waals surface area contributed by atoms with E-state index in [1.807, 2.05) is 0 Å². The van der Waals surface area contributed by atoms with Crippen LogP contribution in [0.1, 0.15) is 86.5 Å². The van der Waals surface area contributed by atoms with Gasteiger partial charge in [0.2, 0.25) is 0 Å². The molecule has 3 aromatic rings. The predicted molar refractivity (Wildman–Crippen MR) is 145 cm³/mol. The largest absolute Gasteiger partial charge is 0.300 e. The zero-order chi connectivity index (χ0) is 22.7. The quantitative estimate of drug-likeness (QED) is 0.360. The van der Waals surface area contributed by atoms with Gasteiger partial charge in [-0.25, -0.2) is 4.98 Å². The number of hydrogen-bond donors (Lipinski definition) is 0. The average Bonchev–Trinajstić information content (AvgIpc) is 3.36. The fraction of sp³-hybridized carbons (Fsp3) is 0.516. The summed E-state index contributed by atoms with van der Waals surface area (Å²) in [7, 11) is -0.219. The molecular weight excluding hydrogens is 431 g/mol. The molecule has 1 aromatic heterocycles. The first-order chi connectivity index (χ1) is 16.8. The van der Waals surface area contributed by atoms with E-state index in [0.29, 0.717) is 0 Å². The summed E-state index contributed by atoms with van der Waals surface area (Å²) in [6, 6.07) is 16.7. The van der Waals surface area contributed by atoms with Crippen LogP contribution in [0.5, 0.6) is 0 Å². The summed E-state index contributed by atoms with van der Waals surface area (Å²) in [4.78, 5) is 5.17. The number of aromatic nitrogens is 2. The highest BCUT2D eigenvalue weighted by Crippen LogP contribution is 2.54. The number of hydrogen-bond acceptors (Lipinski definition) is 1. The molecule has 0 amide bonds. The molecule has 3 heteroatoms. The highest BCUT2D eigenvalue weighted by atomic mass is 31.1. The van der Waals surface area contributed by atoms with Crippen LogP contribution in [0, 0.1) is 0 Å². The Hall–Kier alpha value is -1.92. The van der Waals surface area contributed by atoms with Gasteiger partial charge in [-0.15, -0.1) is 0 Å². The smallest absolute Gasteiger partial charge is 0.136 e. The summed E-state index contributed by atoms with van der Waals surface area (Å²) >= 11 is 0. The molecule has 2 saturated carbocycles. The number of imidazole rings is 1. The van der Waals surface area contributed by atoms with Gasteiger partial charge in [0, 0.05) is 12.4 Å². The average molecular weight is 471 g/mol. The van der Waals surface area contributed by atoms with Gasteiger partial charge in [0.15, 0.2) is 0 Å². The molecule has 0 unspecified atom stereocenters. The van der Waals surface area contributed by atoms with Crippen LogP contribution < -0.4 is 5.57 Å². The molecule has 2 nitrogen and oxygen atoms in total. The van der Waals surface area contributed by atoms with Crippen LogP contribution in [0.25, 0.3) is 5.69 Å². The first-order valence-electron chi connectivity index (χ1n) is 13.9. The van der Waals surface area contributed by atoms with Crippen molar-refractivity contribution in [3.8, 4) is 5.69 Å². The lowest BCUT2D eigenvalue weighted by atomic mass is 9.95. The monoisotopic (exact) mass is 470 g/mol. The first kappa shape index (κ1) is 22.5. The van der Waals surface area contributed by atoms with Crippen LogP contribution in [0.2, 0.25) is 0 Å². The van der Waals surface area contributed by atoms with Crippen molar-refractivity contribution in [2.24, 2.45) is 0 Å². The van der Waals surface area contributed by atoms with Crippen molar-refractivity contribution in [3.05, 3.63) is 77.1 Å². The van der Waals surface area contributed by atoms with Crippen LogP contribution in [0.15, 0.2) is 54.9 Å². The van der Waals surface area contributed by atoms with Crippen molar-refractivity contribution in [3.63, 3.8) is 0 Å².